The van der Waals surface area contributed by atoms with Gasteiger partial charge in [0, 0.05) is 11.1 Å². The minimum atomic E-state index is -4.82. The van der Waals surface area contributed by atoms with Crippen molar-refractivity contribution in [1.82, 2.24) is 0 Å². The van der Waals surface area contributed by atoms with Gasteiger partial charge in [-0.05, 0) is 90.2 Å². The summed E-state index contributed by atoms with van der Waals surface area (Å²) in [5.41, 5.74) is 7.79. The summed E-state index contributed by atoms with van der Waals surface area (Å²) in [5.74, 6) is -3.52. The van der Waals surface area contributed by atoms with Crippen molar-refractivity contribution >= 4 is 68.1 Å². The molecule has 0 saturated carbocycles. The number of aliphatic imine (C=N–C) groups is 1. The van der Waals surface area contributed by atoms with Crippen LogP contribution in [-0.4, -0.2) is 47.8 Å². The monoisotopic (exact) mass is 669 g/mol. The summed E-state index contributed by atoms with van der Waals surface area (Å²) in [6.07, 6.45) is 4.71. The van der Waals surface area contributed by atoms with Crippen molar-refractivity contribution in [3.8, 4) is 11.1 Å². The van der Waals surface area contributed by atoms with Crippen LogP contribution in [-0.2, 0) is 19.7 Å². The van der Waals surface area contributed by atoms with E-state index in [4.69, 9.17) is 0 Å². The molecule has 0 radical (unpaired) electrons. The van der Waals surface area contributed by atoms with E-state index in [9.17, 15) is 37.6 Å². The molecular formula is C31H21N5Na2O8S. The molecule has 3 N–H and O–H groups in total. The Bertz CT molecular complexity index is 2050. The summed E-state index contributed by atoms with van der Waals surface area (Å²) < 4.78 is 33.9. The summed E-state index contributed by atoms with van der Waals surface area (Å²) in [6, 6.07) is 18.1. The first-order chi connectivity index (χ1) is 21.4. The SMILES string of the molecule is CC([O-])=Nc1ccc2c(c1)C(=O)/C(=N/Nc1ccc(-c3ccc(N/N=C4/C=CC(=O)C(C(=O)[O-])=C4)cc3)cc1)C(S(=O)(=O)O)=C2.[Na+].[Na+]. The third kappa shape index (κ3) is 9.09. The van der Waals surface area contributed by atoms with Gasteiger partial charge < -0.3 is 15.0 Å². The Morgan fingerprint density at radius 3 is 1.91 bits per heavy atom. The number of nitrogens with one attached hydrogen (secondary N) is 2. The van der Waals surface area contributed by atoms with Crippen molar-refractivity contribution < 1.29 is 96.7 Å². The van der Waals surface area contributed by atoms with Crippen molar-refractivity contribution in [3.05, 3.63) is 107 Å². The minimum absolute atomic E-state index is 0. The van der Waals surface area contributed by atoms with Crippen LogP contribution < -0.4 is 80.2 Å². The molecule has 0 fully saturated rings. The number of Topliss-reactive ketones (excluding diaryl/α,β-unsaturated/α-hetero) is 1. The Morgan fingerprint density at radius 2 is 1.38 bits per heavy atom. The second-order valence-corrected chi connectivity index (χ2v) is 11.0. The van der Waals surface area contributed by atoms with Gasteiger partial charge in [-0.15, -0.1) is 0 Å². The first-order valence-corrected chi connectivity index (χ1v) is 14.5. The quantitative estimate of drug-likeness (QED) is 0.0406. The molecule has 2 aliphatic rings. The third-order valence-electron chi connectivity index (χ3n) is 6.48. The Morgan fingerprint density at radius 1 is 0.809 bits per heavy atom. The number of carboxylic acids is 1. The van der Waals surface area contributed by atoms with Gasteiger partial charge in [0.25, 0.3) is 10.1 Å². The molecule has 3 aromatic rings. The summed E-state index contributed by atoms with van der Waals surface area (Å²) in [5, 5.41) is 30.5. The number of carbonyl (C=O) groups excluding carboxylic acids is 3. The van der Waals surface area contributed by atoms with E-state index in [0.29, 0.717) is 11.4 Å². The summed E-state index contributed by atoms with van der Waals surface area (Å²) >= 11 is 0. The average molecular weight is 670 g/mol. The first-order valence-electron chi connectivity index (χ1n) is 13.0. The van der Waals surface area contributed by atoms with E-state index >= 15 is 0 Å². The zero-order valence-electron chi connectivity index (χ0n) is 25.2. The number of anilines is 2. The van der Waals surface area contributed by atoms with Gasteiger partial charge in [0.05, 0.1) is 28.7 Å². The van der Waals surface area contributed by atoms with Crippen LogP contribution in [0.15, 0.2) is 111 Å². The normalized spacial score (nSPS) is 16.0. The number of fused-ring (bicyclic) bond motifs is 1. The number of nitrogens with zero attached hydrogens (tertiary/aromatic N) is 3. The molecule has 0 bridgehead atoms. The van der Waals surface area contributed by atoms with Gasteiger partial charge in [0.15, 0.2) is 11.5 Å². The zero-order chi connectivity index (χ0) is 32.3. The Labute approximate surface area is 312 Å². The van der Waals surface area contributed by atoms with Crippen molar-refractivity contribution in [3.63, 3.8) is 0 Å². The minimum Gasteiger partial charge on any atom is -0.862 e. The van der Waals surface area contributed by atoms with E-state index in [-0.39, 0.29) is 81.6 Å². The molecule has 2 aliphatic carbocycles. The maximum absolute atomic E-state index is 13.2. The molecule has 0 spiro atoms. The number of hydrogen-bond donors (Lipinski definition) is 3. The zero-order valence-corrected chi connectivity index (χ0v) is 30.0. The number of allylic oxidation sites excluding steroid dienone is 4. The van der Waals surface area contributed by atoms with Crippen LogP contribution in [0.25, 0.3) is 17.2 Å². The number of carbonyl (C=O) groups is 3. The van der Waals surface area contributed by atoms with Crippen molar-refractivity contribution in [2.24, 2.45) is 15.2 Å². The Kier molecular flexibility index (Phi) is 12.5. The molecule has 47 heavy (non-hydrogen) atoms. The van der Waals surface area contributed by atoms with Crippen LogP contribution >= 0.6 is 0 Å². The van der Waals surface area contributed by atoms with Crippen LogP contribution in [0, 0.1) is 0 Å². The van der Waals surface area contributed by atoms with Crippen LogP contribution in [0.2, 0.25) is 0 Å². The van der Waals surface area contributed by atoms with Gasteiger partial charge in [-0.25, -0.2) is 0 Å². The fourth-order valence-corrected chi connectivity index (χ4v) is 5.00. The Balaban J connectivity index is 0.00000300. The molecule has 226 valence electrons. The molecule has 0 amide bonds. The second kappa shape index (κ2) is 15.7. The molecule has 5 rings (SSSR count). The van der Waals surface area contributed by atoms with Gasteiger partial charge in [-0.1, -0.05) is 30.3 Å². The van der Waals surface area contributed by atoms with Crippen molar-refractivity contribution in [2.45, 2.75) is 6.92 Å². The molecule has 0 aromatic heterocycles. The van der Waals surface area contributed by atoms with Crippen molar-refractivity contribution in [1.29, 1.82) is 0 Å². The topological polar surface area (TPSA) is 213 Å². The van der Waals surface area contributed by atoms with E-state index in [0.717, 1.165) is 29.4 Å². The largest absolute Gasteiger partial charge is 1.00 e. The predicted molar refractivity (Wildman–Crippen MR) is 164 cm³/mol. The second-order valence-electron chi connectivity index (χ2n) is 9.63. The van der Waals surface area contributed by atoms with E-state index in [1.165, 1.54) is 31.2 Å². The maximum atomic E-state index is 13.2. The van der Waals surface area contributed by atoms with E-state index < -0.39 is 49.7 Å². The number of ketones is 2. The number of carboxylic acid groups (broad SMARTS) is 1. The predicted octanol–water partition coefficient (Wildman–Crippen LogP) is -3.75. The molecule has 0 saturated heterocycles. The molecule has 3 aromatic carbocycles. The first kappa shape index (κ1) is 37.5. The molecule has 0 aliphatic heterocycles. The molecule has 16 heteroatoms. The van der Waals surface area contributed by atoms with Gasteiger partial charge >= 0.3 is 59.1 Å². The van der Waals surface area contributed by atoms with Crippen LogP contribution in [0.3, 0.4) is 0 Å². The molecule has 0 unspecified atom stereocenters. The fraction of sp³-hybridized carbons (Fsp3) is 0.0323. The summed E-state index contributed by atoms with van der Waals surface area (Å²) in [7, 11) is -4.82. The van der Waals surface area contributed by atoms with Gasteiger partial charge in [0.2, 0.25) is 5.78 Å². The number of aliphatic carboxylic acids is 1. The van der Waals surface area contributed by atoms with Gasteiger partial charge in [0.1, 0.15) is 4.91 Å². The number of hydrogen-bond acceptors (Lipinski definition) is 12. The molecular weight excluding hydrogens is 648 g/mol. The Hall–Kier alpha value is -3.99. The standard InChI is InChI=1S/C31H23N5O8S.2Na/c1-17(37)32-23-11-6-20-14-28(45(42,43)44)29(30(39)25(20)15-23)36-34-22-9-4-19(5-10-22)18-2-7-21(8-3-18)33-35-24-12-13-27(38)26(16-24)31(40)41;;/h2-16,33-34H,1H3,(H,32,37)(H,40,41)(H,42,43,44);;/q;2*+1/p-2/b35-24-,36-29+;;. The number of rotatable bonds is 8. The van der Waals surface area contributed by atoms with Crippen LogP contribution in [0.4, 0.5) is 17.1 Å². The molecule has 0 heterocycles. The molecule has 0 atom stereocenters. The van der Waals surface area contributed by atoms with Crippen molar-refractivity contribution in [2.75, 3.05) is 10.9 Å². The third-order valence-corrected chi connectivity index (χ3v) is 7.35. The smallest absolute Gasteiger partial charge is 0.862 e. The fourth-order valence-electron chi connectivity index (χ4n) is 4.34. The van der Waals surface area contributed by atoms with Crippen LogP contribution in [0.1, 0.15) is 22.8 Å². The summed E-state index contributed by atoms with van der Waals surface area (Å²) in [4.78, 5) is 39.0. The number of benzene rings is 3. The van der Waals surface area contributed by atoms with E-state index in [1.54, 1.807) is 36.4 Å². The van der Waals surface area contributed by atoms with E-state index in [2.05, 4.69) is 26.0 Å². The average Bonchev–Trinajstić information content (AvgIpc) is 3.00. The van der Waals surface area contributed by atoms with Gasteiger partial charge in [-0.2, -0.15) is 18.6 Å². The van der Waals surface area contributed by atoms with Crippen LogP contribution in [0.5, 0.6) is 0 Å². The number of hydrazone groups is 2. The van der Waals surface area contributed by atoms with E-state index in [1.807, 2.05) is 12.1 Å². The maximum Gasteiger partial charge on any atom is 1.00 e. The van der Waals surface area contributed by atoms with Gasteiger partial charge in [-0.3, -0.25) is 30.0 Å². The summed E-state index contributed by atoms with van der Waals surface area (Å²) in [6.45, 7) is 1.25. The molecule has 13 nitrogen and oxygen atoms in total.